The molecule has 3 aromatic carbocycles. The van der Waals surface area contributed by atoms with Crippen molar-refractivity contribution in [1.29, 1.82) is 0 Å². The number of aromatic amines is 1. The SMILES string of the molecule is [NH3+]C[C@H](c1ccccc1)c1c(-c2ccccc2)[nH]c2ccccc12. The van der Waals surface area contributed by atoms with E-state index in [4.69, 9.17) is 0 Å². The molecular formula is C22H21N2+. The molecule has 0 fully saturated rings. The van der Waals surface area contributed by atoms with E-state index in [1.807, 2.05) is 0 Å². The highest BCUT2D eigenvalue weighted by molar-refractivity contribution is 5.92. The Balaban J connectivity index is 1.99. The third-order valence-corrected chi connectivity index (χ3v) is 4.65. The molecule has 0 saturated carbocycles. The average molecular weight is 313 g/mol. The number of rotatable bonds is 4. The van der Waals surface area contributed by atoms with Crippen molar-refractivity contribution in [3.05, 3.63) is 96.1 Å². The second kappa shape index (κ2) is 6.34. The third-order valence-electron chi connectivity index (χ3n) is 4.65. The van der Waals surface area contributed by atoms with Crippen LogP contribution in [0.5, 0.6) is 0 Å². The largest absolute Gasteiger partial charge is 0.357 e. The van der Waals surface area contributed by atoms with E-state index in [1.165, 1.54) is 33.3 Å². The number of quaternary nitrogens is 1. The number of fused-ring (bicyclic) bond motifs is 1. The van der Waals surface area contributed by atoms with Crippen molar-refractivity contribution in [3.8, 4) is 11.3 Å². The smallest absolute Gasteiger partial charge is 0.0851 e. The van der Waals surface area contributed by atoms with Gasteiger partial charge in [0.05, 0.1) is 18.2 Å². The summed E-state index contributed by atoms with van der Waals surface area (Å²) in [6, 6.07) is 29.8. The van der Waals surface area contributed by atoms with Crippen molar-refractivity contribution in [3.63, 3.8) is 0 Å². The molecule has 0 radical (unpaired) electrons. The fourth-order valence-electron chi connectivity index (χ4n) is 3.52. The number of benzene rings is 3. The highest BCUT2D eigenvalue weighted by Crippen LogP contribution is 2.37. The van der Waals surface area contributed by atoms with E-state index in [-0.39, 0.29) is 5.92 Å². The minimum atomic E-state index is 0.276. The van der Waals surface area contributed by atoms with E-state index in [9.17, 15) is 0 Å². The van der Waals surface area contributed by atoms with Crippen LogP contribution in [0.4, 0.5) is 0 Å². The van der Waals surface area contributed by atoms with E-state index >= 15 is 0 Å². The third kappa shape index (κ3) is 2.51. The lowest BCUT2D eigenvalue weighted by atomic mass is 9.87. The van der Waals surface area contributed by atoms with Gasteiger partial charge >= 0.3 is 0 Å². The quantitative estimate of drug-likeness (QED) is 0.567. The fourth-order valence-corrected chi connectivity index (χ4v) is 3.52. The Hall–Kier alpha value is -2.84. The van der Waals surface area contributed by atoms with Gasteiger partial charge in [-0.1, -0.05) is 78.9 Å². The van der Waals surface area contributed by atoms with Crippen LogP contribution in [-0.4, -0.2) is 11.5 Å². The zero-order chi connectivity index (χ0) is 16.4. The minimum absolute atomic E-state index is 0.276. The minimum Gasteiger partial charge on any atom is -0.357 e. The summed E-state index contributed by atoms with van der Waals surface area (Å²) < 4.78 is 0. The van der Waals surface area contributed by atoms with Crippen LogP contribution in [-0.2, 0) is 0 Å². The maximum Gasteiger partial charge on any atom is 0.0851 e. The van der Waals surface area contributed by atoms with Crippen LogP contribution >= 0.6 is 0 Å². The summed E-state index contributed by atoms with van der Waals surface area (Å²) in [7, 11) is 0. The summed E-state index contributed by atoms with van der Waals surface area (Å²) in [5.74, 6) is 0.276. The van der Waals surface area contributed by atoms with E-state index in [0.717, 1.165) is 6.54 Å². The van der Waals surface area contributed by atoms with Gasteiger partial charge < -0.3 is 10.7 Å². The van der Waals surface area contributed by atoms with Crippen LogP contribution in [0.25, 0.3) is 22.2 Å². The lowest BCUT2D eigenvalue weighted by Crippen LogP contribution is -2.53. The molecule has 4 N–H and O–H groups in total. The van der Waals surface area contributed by atoms with Crippen molar-refractivity contribution in [1.82, 2.24) is 4.98 Å². The molecule has 0 unspecified atom stereocenters. The Bertz CT molecular complexity index is 940. The van der Waals surface area contributed by atoms with E-state index in [1.54, 1.807) is 0 Å². The molecule has 24 heavy (non-hydrogen) atoms. The van der Waals surface area contributed by atoms with Crippen molar-refractivity contribution in [2.45, 2.75) is 5.92 Å². The molecule has 0 aliphatic rings. The molecule has 0 spiro atoms. The van der Waals surface area contributed by atoms with Crippen molar-refractivity contribution >= 4 is 10.9 Å². The molecule has 2 heteroatoms. The van der Waals surface area contributed by atoms with Gasteiger partial charge in [0.25, 0.3) is 0 Å². The Labute approximate surface area is 142 Å². The van der Waals surface area contributed by atoms with Gasteiger partial charge in [-0.2, -0.15) is 0 Å². The molecule has 0 aliphatic heterocycles. The molecular weight excluding hydrogens is 292 g/mol. The van der Waals surface area contributed by atoms with Crippen LogP contribution in [0.3, 0.4) is 0 Å². The Morgan fingerprint density at radius 1 is 0.750 bits per heavy atom. The summed E-state index contributed by atoms with van der Waals surface area (Å²) in [6.45, 7) is 0.825. The summed E-state index contributed by atoms with van der Waals surface area (Å²) in [4.78, 5) is 3.64. The lowest BCUT2D eigenvalue weighted by Gasteiger charge is -2.16. The molecule has 0 aliphatic carbocycles. The first kappa shape index (κ1) is 14.7. The van der Waals surface area contributed by atoms with Gasteiger partial charge in [-0.15, -0.1) is 0 Å². The number of hydrogen-bond acceptors (Lipinski definition) is 0. The maximum atomic E-state index is 4.25. The molecule has 0 bridgehead atoms. The number of aromatic nitrogens is 1. The van der Waals surface area contributed by atoms with Crippen LogP contribution in [0.1, 0.15) is 17.0 Å². The van der Waals surface area contributed by atoms with Crippen molar-refractivity contribution < 1.29 is 5.73 Å². The van der Waals surface area contributed by atoms with Gasteiger partial charge in [-0.05, 0) is 22.8 Å². The topological polar surface area (TPSA) is 43.4 Å². The molecule has 118 valence electrons. The molecule has 0 amide bonds. The Kier molecular flexibility index (Phi) is 3.89. The highest BCUT2D eigenvalue weighted by Gasteiger charge is 2.23. The first-order valence-electron chi connectivity index (χ1n) is 8.38. The van der Waals surface area contributed by atoms with Gasteiger partial charge in [0.2, 0.25) is 0 Å². The van der Waals surface area contributed by atoms with Gasteiger partial charge in [0, 0.05) is 10.9 Å². The molecule has 1 heterocycles. The van der Waals surface area contributed by atoms with Crippen LogP contribution < -0.4 is 5.73 Å². The summed E-state index contributed by atoms with van der Waals surface area (Å²) in [5, 5.41) is 1.29. The molecule has 4 rings (SSSR count). The zero-order valence-corrected chi connectivity index (χ0v) is 13.6. The molecule has 1 atom stereocenters. The zero-order valence-electron chi connectivity index (χ0n) is 13.6. The van der Waals surface area contributed by atoms with Gasteiger partial charge in [-0.25, -0.2) is 0 Å². The maximum absolute atomic E-state index is 4.25. The van der Waals surface area contributed by atoms with E-state index in [0.29, 0.717) is 0 Å². The predicted molar refractivity (Wildman–Crippen MR) is 99.8 cm³/mol. The molecule has 1 aromatic heterocycles. The average Bonchev–Trinajstić information content (AvgIpc) is 3.04. The van der Waals surface area contributed by atoms with Crippen molar-refractivity contribution in [2.75, 3.05) is 6.54 Å². The van der Waals surface area contributed by atoms with Crippen LogP contribution in [0.15, 0.2) is 84.9 Å². The second-order valence-electron chi connectivity index (χ2n) is 6.08. The molecule has 2 nitrogen and oxygen atoms in total. The van der Waals surface area contributed by atoms with Gasteiger partial charge in [-0.3, -0.25) is 0 Å². The summed E-state index contributed by atoms with van der Waals surface area (Å²) >= 11 is 0. The second-order valence-corrected chi connectivity index (χ2v) is 6.08. The standard InChI is InChI=1S/C22H20N2/c23-15-19(16-9-3-1-4-10-16)21-18-13-7-8-14-20(18)24-22(21)17-11-5-2-6-12-17/h1-14,19,24H,15,23H2/p+1/t19-/m1/s1. The Morgan fingerprint density at radius 2 is 1.38 bits per heavy atom. The predicted octanol–water partition coefficient (Wildman–Crippen LogP) is 4.21. The fraction of sp³-hybridized carbons (Fsp3) is 0.0909. The normalized spacial score (nSPS) is 12.4. The molecule has 4 aromatic rings. The number of H-pyrrole nitrogens is 1. The molecule has 0 saturated heterocycles. The van der Waals surface area contributed by atoms with Crippen LogP contribution in [0.2, 0.25) is 0 Å². The van der Waals surface area contributed by atoms with Gasteiger partial charge in [0.1, 0.15) is 0 Å². The summed E-state index contributed by atoms with van der Waals surface area (Å²) in [5.41, 5.74) is 10.5. The lowest BCUT2D eigenvalue weighted by molar-refractivity contribution is -0.370. The number of nitrogens with one attached hydrogen (secondary N) is 1. The number of hydrogen-bond donors (Lipinski definition) is 2. The first-order valence-corrected chi connectivity index (χ1v) is 8.38. The first-order chi connectivity index (χ1) is 11.9. The van der Waals surface area contributed by atoms with E-state index in [2.05, 4.69) is 95.6 Å². The summed E-state index contributed by atoms with van der Waals surface area (Å²) in [6.07, 6.45) is 0. The Morgan fingerprint density at radius 3 is 2.08 bits per heavy atom. The van der Waals surface area contributed by atoms with Crippen LogP contribution in [0, 0.1) is 0 Å². The van der Waals surface area contributed by atoms with E-state index < -0.39 is 0 Å². The van der Waals surface area contributed by atoms with Gasteiger partial charge in [0.15, 0.2) is 0 Å². The monoisotopic (exact) mass is 313 g/mol. The van der Waals surface area contributed by atoms with Crippen molar-refractivity contribution in [2.24, 2.45) is 0 Å². The highest BCUT2D eigenvalue weighted by atomic mass is 14.7. The number of para-hydroxylation sites is 1.